The van der Waals surface area contributed by atoms with Crippen LogP contribution >= 0.6 is 23.2 Å². The monoisotopic (exact) mass is 667 g/mol. The number of methoxy groups -OCH3 is 1. The van der Waals surface area contributed by atoms with Gasteiger partial charge < -0.3 is 33.9 Å². The molecule has 1 amide bonds. The molecule has 252 valence electrons. The van der Waals surface area contributed by atoms with Gasteiger partial charge in [0.05, 0.1) is 61.6 Å². The third-order valence-electron chi connectivity index (χ3n) is 8.74. The van der Waals surface area contributed by atoms with E-state index in [0.717, 1.165) is 70.5 Å². The number of ether oxygens (including phenoxy) is 5. The lowest BCUT2D eigenvalue weighted by atomic mass is 9.90. The number of nitrogens with zero attached hydrogens (tertiary/aromatic N) is 2. The first-order valence-electron chi connectivity index (χ1n) is 16.3. The zero-order valence-corrected chi connectivity index (χ0v) is 28.4. The second kappa shape index (κ2) is 20.0. The molecule has 9 nitrogen and oxygen atoms in total. The minimum atomic E-state index is -0.130. The minimum Gasteiger partial charge on any atom is -0.382 e. The van der Waals surface area contributed by atoms with Crippen molar-refractivity contribution in [2.75, 3.05) is 80.0 Å². The van der Waals surface area contributed by atoms with Gasteiger partial charge in [-0.05, 0) is 49.8 Å². The highest BCUT2D eigenvalue weighted by Gasteiger charge is 2.38. The third kappa shape index (κ3) is 12.2. The van der Waals surface area contributed by atoms with Crippen molar-refractivity contribution in [3.63, 3.8) is 0 Å². The fraction of sp³-hybridized carbons (Fsp3) is 0.676. The number of amides is 1. The van der Waals surface area contributed by atoms with Gasteiger partial charge in [0, 0.05) is 58.9 Å². The summed E-state index contributed by atoms with van der Waals surface area (Å²) < 4.78 is 28.6. The van der Waals surface area contributed by atoms with Gasteiger partial charge in [-0.2, -0.15) is 0 Å². The zero-order chi connectivity index (χ0) is 31.9. The lowest BCUT2D eigenvalue weighted by molar-refractivity contribution is -0.185. The molecule has 0 bridgehead atoms. The molecule has 45 heavy (non-hydrogen) atoms. The predicted octanol–water partition coefficient (Wildman–Crippen LogP) is 4.75. The lowest BCUT2D eigenvalue weighted by Crippen LogP contribution is -2.51. The summed E-state index contributed by atoms with van der Waals surface area (Å²) in [7, 11) is 3.59. The zero-order valence-electron chi connectivity index (χ0n) is 26.8. The van der Waals surface area contributed by atoms with E-state index in [1.807, 2.05) is 18.0 Å². The van der Waals surface area contributed by atoms with Crippen molar-refractivity contribution in [1.29, 1.82) is 0 Å². The highest BCUT2D eigenvalue weighted by atomic mass is 35.5. The molecular weight excluding hydrogens is 617 g/mol. The van der Waals surface area contributed by atoms with Gasteiger partial charge in [0.25, 0.3) is 0 Å². The minimum absolute atomic E-state index is 0.00454. The number of nitrogens with one attached hydrogen (secondary N) is 1. The number of rotatable bonds is 19. The van der Waals surface area contributed by atoms with Crippen molar-refractivity contribution in [2.24, 2.45) is 5.92 Å². The molecular formula is C34H51Cl2N3O6. The molecule has 0 spiro atoms. The molecule has 2 heterocycles. The van der Waals surface area contributed by atoms with Gasteiger partial charge in [0.2, 0.25) is 5.91 Å². The Morgan fingerprint density at radius 1 is 1.11 bits per heavy atom. The van der Waals surface area contributed by atoms with Crippen molar-refractivity contribution in [3.8, 4) is 0 Å². The summed E-state index contributed by atoms with van der Waals surface area (Å²) >= 11 is 12.4. The fourth-order valence-electron chi connectivity index (χ4n) is 6.19. The summed E-state index contributed by atoms with van der Waals surface area (Å²) in [5, 5.41) is 4.54. The number of carbonyl (C=O) groups excluding carboxylic acids is 1. The summed E-state index contributed by atoms with van der Waals surface area (Å²) in [5.41, 5.74) is 0.854. The van der Waals surface area contributed by atoms with Crippen LogP contribution < -0.4 is 5.32 Å². The van der Waals surface area contributed by atoms with Crippen LogP contribution in [-0.2, 0) is 34.9 Å². The van der Waals surface area contributed by atoms with E-state index in [0.29, 0.717) is 43.1 Å². The first-order chi connectivity index (χ1) is 21.9. The second-order valence-corrected chi connectivity index (χ2v) is 12.8. The summed E-state index contributed by atoms with van der Waals surface area (Å²) in [6, 6.07) is 5.66. The number of halogens is 2. The van der Waals surface area contributed by atoms with Crippen LogP contribution in [0.5, 0.6) is 0 Å². The van der Waals surface area contributed by atoms with Crippen LogP contribution in [0.15, 0.2) is 42.5 Å². The van der Waals surface area contributed by atoms with Gasteiger partial charge in [0.15, 0.2) is 6.29 Å². The largest absolute Gasteiger partial charge is 0.382 e. The normalized spacial score (nSPS) is 24.3. The van der Waals surface area contributed by atoms with E-state index in [9.17, 15) is 4.79 Å². The van der Waals surface area contributed by atoms with E-state index < -0.39 is 0 Å². The number of hydrogen-bond acceptors (Lipinski definition) is 8. The van der Waals surface area contributed by atoms with Gasteiger partial charge in [0.1, 0.15) is 0 Å². The number of likely N-dealkylation sites (N-methyl/N-ethyl adjacent to an activating group) is 1. The van der Waals surface area contributed by atoms with Gasteiger partial charge in [-0.15, -0.1) is 0 Å². The number of benzene rings is 1. The highest BCUT2D eigenvalue weighted by Crippen LogP contribution is 2.29. The van der Waals surface area contributed by atoms with Crippen molar-refractivity contribution < 1.29 is 28.5 Å². The summed E-state index contributed by atoms with van der Waals surface area (Å²) in [5.74, 6) is 0.273. The smallest absolute Gasteiger partial charge is 0.227 e. The number of likely N-dealkylation sites (tertiary alicyclic amines) is 1. The Kier molecular flexibility index (Phi) is 16.1. The Hall–Kier alpha value is -1.53. The van der Waals surface area contributed by atoms with Crippen molar-refractivity contribution in [3.05, 3.63) is 58.1 Å². The van der Waals surface area contributed by atoms with Crippen LogP contribution in [0.3, 0.4) is 0 Å². The predicted molar refractivity (Wildman–Crippen MR) is 178 cm³/mol. The van der Waals surface area contributed by atoms with Gasteiger partial charge in [-0.3, -0.25) is 9.69 Å². The molecule has 2 fully saturated rings. The molecule has 0 saturated carbocycles. The van der Waals surface area contributed by atoms with Crippen molar-refractivity contribution >= 4 is 29.1 Å². The maximum absolute atomic E-state index is 13.7. The van der Waals surface area contributed by atoms with Crippen molar-refractivity contribution in [2.45, 2.75) is 63.0 Å². The quantitative estimate of drug-likeness (QED) is 0.212. The molecule has 3 unspecified atom stereocenters. The summed E-state index contributed by atoms with van der Waals surface area (Å²) in [6.45, 7) is 6.79. The van der Waals surface area contributed by atoms with Gasteiger partial charge in [-0.25, -0.2) is 0 Å². The number of hydrogen-bond donors (Lipinski definition) is 1. The number of carbonyl (C=O) groups is 1. The molecule has 2 saturated heterocycles. The van der Waals surface area contributed by atoms with Gasteiger partial charge >= 0.3 is 0 Å². The Labute approximate surface area is 279 Å². The Morgan fingerprint density at radius 2 is 1.93 bits per heavy atom. The van der Waals surface area contributed by atoms with Gasteiger partial charge in [-0.1, -0.05) is 53.6 Å². The first kappa shape index (κ1) is 36.3. The average Bonchev–Trinajstić information content (AvgIpc) is 3.43. The molecule has 1 aromatic rings. The van der Waals surface area contributed by atoms with Crippen molar-refractivity contribution in [1.82, 2.24) is 15.1 Å². The van der Waals surface area contributed by atoms with Crippen LogP contribution in [-0.4, -0.2) is 120 Å². The molecule has 11 heteroatoms. The Balaban J connectivity index is 1.37. The molecule has 2 aliphatic heterocycles. The third-order valence-corrected chi connectivity index (χ3v) is 9.48. The van der Waals surface area contributed by atoms with E-state index >= 15 is 0 Å². The first-order valence-corrected chi connectivity index (χ1v) is 17.1. The molecule has 1 N–H and O–H groups in total. The standard InChI is InChI=1S/C34H51Cl2N3O6/c1-38(33(40)21-26-11-12-30(35)31(36)20-26)32(27-8-4-3-5-9-27)25-39-24-29(45-34-10-6-7-14-44-34)22-28(39)23-37-13-15-42-18-19-43-17-16-41-2/h3-5,8,11-12,20,27-29,32,34,37H,6-7,9-10,13-19,21-25H2,1-2H3/t27?,28-,29?,32+,34?/m0/s1. The molecule has 3 aliphatic rings. The Morgan fingerprint density at radius 3 is 2.67 bits per heavy atom. The summed E-state index contributed by atoms with van der Waals surface area (Å²) in [4.78, 5) is 18.1. The highest BCUT2D eigenvalue weighted by molar-refractivity contribution is 6.42. The molecule has 4 rings (SSSR count). The molecule has 1 aromatic carbocycles. The Bertz CT molecular complexity index is 1090. The maximum Gasteiger partial charge on any atom is 0.227 e. The topological polar surface area (TPSA) is 81.7 Å². The van der Waals surface area contributed by atoms with E-state index in [4.69, 9.17) is 46.9 Å². The second-order valence-electron chi connectivity index (χ2n) is 12.0. The number of allylic oxidation sites excluding steroid dienone is 3. The van der Waals surface area contributed by atoms with E-state index in [2.05, 4.69) is 34.5 Å². The van der Waals surface area contributed by atoms with Crippen LogP contribution in [0.1, 0.15) is 37.7 Å². The van der Waals surface area contributed by atoms with E-state index in [-0.39, 0.29) is 42.7 Å². The fourth-order valence-corrected chi connectivity index (χ4v) is 6.51. The molecule has 1 aliphatic carbocycles. The lowest BCUT2D eigenvalue weighted by Gasteiger charge is -2.38. The molecule has 0 aromatic heterocycles. The average molecular weight is 669 g/mol. The SMILES string of the molecule is COCCOCCOCCNC[C@@H]1CC(OC2CCCCO2)CN1C[C@H](C1C=CC=CC1)N(C)C(=O)Cc1ccc(Cl)c(Cl)c1. The van der Waals surface area contributed by atoms with Crippen LogP contribution in [0.25, 0.3) is 0 Å². The molecule has 5 atom stereocenters. The summed E-state index contributed by atoms with van der Waals surface area (Å²) in [6.07, 6.45) is 13.8. The van der Waals surface area contributed by atoms with E-state index in [1.54, 1.807) is 19.2 Å². The van der Waals surface area contributed by atoms with Crippen LogP contribution in [0.2, 0.25) is 10.0 Å². The molecule has 0 radical (unpaired) electrons. The van der Waals surface area contributed by atoms with Crippen LogP contribution in [0, 0.1) is 5.92 Å². The van der Waals surface area contributed by atoms with Crippen LogP contribution in [0.4, 0.5) is 0 Å². The maximum atomic E-state index is 13.7. The van der Waals surface area contributed by atoms with E-state index in [1.165, 1.54) is 0 Å².